The Morgan fingerprint density at radius 1 is 1.23 bits per heavy atom. The van der Waals surface area contributed by atoms with Crippen molar-refractivity contribution in [1.82, 2.24) is 5.43 Å². The Morgan fingerprint density at radius 3 is 2.69 bits per heavy atom. The van der Waals surface area contributed by atoms with Crippen LogP contribution in [-0.2, 0) is 4.79 Å². The number of carbonyl (C=O) groups is 1. The third kappa shape index (κ3) is 5.49. The molecule has 0 atom stereocenters. The van der Waals surface area contributed by atoms with Gasteiger partial charge in [-0.05, 0) is 44.5 Å². The van der Waals surface area contributed by atoms with Gasteiger partial charge in [0, 0.05) is 10.0 Å². The molecule has 0 aliphatic rings. The van der Waals surface area contributed by atoms with E-state index < -0.39 is 5.91 Å². The van der Waals surface area contributed by atoms with Gasteiger partial charge in [0.2, 0.25) is 0 Å². The summed E-state index contributed by atoms with van der Waals surface area (Å²) in [7, 11) is 0. The Hall–Kier alpha value is -2.54. The number of benzene rings is 2. The molecule has 0 unspecified atom stereocenters. The van der Waals surface area contributed by atoms with Crippen LogP contribution in [0.5, 0.6) is 17.2 Å². The number of hydrazone groups is 1. The van der Waals surface area contributed by atoms with Crippen LogP contribution < -0.4 is 14.9 Å². The molecule has 0 bridgehead atoms. The first kappa shape index (κ1) is 19.8. The topological polar surface area (TPSA) is 80.2 Å². The van der Waals surface area contributed by atoms with Gasteiger partial charge < -0.3 is 14.6 Å². The summed E-state index contributed by atoms with van der Waals surface area (Å²) in [5.74, 6) is 0.550. The highest BCUT2D eigenvalue weighted by Crippen LogP contribution is 2.32. The zero-order chi connectivity index (χ0) is 19.1. The van der Waals surface area contributed by atoms with Crippen molar-refractivity contribution in [2.75, 3.05) is 13.2 Å². The van der Waals surface area contributed by atoms with Gasteiger partial charge in [-0.25, -0.2) is 5.43 Å². The fourth-order valence-corrected chi connectivity index (χ4v) is 2.72. The predicted octanol–water partition coefficient (Wildman–Crippen LogP) is 3.70. The van der Waals surface area contributed by atoms with Crippen LogP contribution in [0.4, 0.5) is 0 Å². The first-order chi connectivity index (χ1) is 12.4. The van der Waals surface area contributed by atoms with Crippen LogP contribution >= 0.6 is 15.9 Å². The van der Waals surface area contributed by atoms with E-state index in [0.29, 0.717) is 23.7 Å². The first-order valence-corrected chi connectivity index (χ1v) is 8.87. The predicted molar refractivity (Wildman–Crippen MR) is 104 cm³/mol. The second kappa shape index (κ2) is 9.24. The summed E-state index contributed by atoms with van der Waals surface area (Å²) in [5, 5.41) is 14.0. The van der Waals surface area contributed by atoms with E-state index in [9.17, 15) is 9.90 Å². The Kier molecular flexibility index (Phi) is 7.03. The number of ether oxygens (including phenoxy) is 2. The van der Waals surface area contributed by atoms with Crippen molar-refractivity contribution in [1.29, 1.82) is 0 Å². The molecule has 6 nitrogen and oxygen atoms in total. The summed E-state index contributed by atoms with van der Waals surface area (Å²) in [6.07, 6.45) is 1.34. The highest BCUT2D eigenvalue weighted by Gasteiger charge is 2.09. The Balaban J connectivity index is 1.94. The summed E-state index contributed by atoms with van der Waals surface area (Å²) < 4.78 is 11.6. The molecule has 7 heteroatoms. The van der Waals surface area contributed by atoms with Gasteiger partial charge in [-0.2, -0.15) is 5.10 Å². The molecule has 0 radical (unpaired) electrons. The van der Waals surface area contributed by atoms with Gasteiger partial charge in [0.05, 0.1) is 12.8 Å². The fourth-order valence-electron chi connectivity index (χ4n) is 2.27. The van der Waals surface area contributed by atoms with Crippen molar-refractivity contribution < 1.29 is 19.4 Å². The Bertz CT molecular complexity index is 821. The van der Waals surface area contributed by atoms with E-state index in [4.69, 9.17) is 9.47 Å². The van der Waals surface area contributed by atoms with Crippen LogP contribution in [0.25, 0.3) is 0 Å². The fraction of sp³-hybridized carbons (Fsp3) is 0.263. The number of halogens is 1. The third-order valence-corrected chi connectivity index (χ3v) is 3.91. The molecule has 0 fully saturated rings. The molecule has 0 aliphatic heterocycles. The molecular formula is C19H21BrN2O4. The number of hydrogen-bond acceptors (Lipinski definition) is 5. The molecule has 0 aliphatic carbocycles. The second-order valence-electron chi connectivity index (χ2n) is 5.63. The van der Waals surface area contributed by atoms with E-state index in [0.717, 1.165) is 15.6 Å². The molecule has 26 heavy (non-hydrogen) atoms. The van der Waals surface area contributed by atoms with E-state index in [1.54, 1.807) is 12.1 Å². The number of nitrogens with one attached hydrogen (secondary N) is 1. The molecule has 0 spiro atoms. The van der Waals surface area contributed by atoms with Crippen LogP contribution in [0.2, 0.25) is 0 Å². The number of amides is 1. The van der Waals surface area contributed by atoms with E-state index in [1.165, 1.54) is 6.21 Å². The van der Waals surface area contributed by atoms with Crippen LogP contribution in [0.3, 0.4) is 0 Å². The average molecular weight is 421 g/mol. The molecule has 0 saturated heterocycles. The molecule has 2 aromatic carbocycles. The molecule has 2 aromatic rings. The van der Waals surface area contributed by atoms with Gasteiger partial charge in [0.15, 0.2) is 18.1 Å². The molecule has 0 aromatic heterocycles. The van der Waals surface area contributed by atoms with Crippen molar-refractivity contribution in [3.8, 4) is 17.2 Å². The minimum atomic E-state index is -0.402. The number of phenolic OH excluding ortho intramolecular Hbond substituents is 1. The lowest BCUT2D eigenvalue weighted by atomic mass is 10.1. The Morgan fingerprint density at radius 2 is 2.00 bits per heavy atom. The molecule has 138 valence electrons. The molecule has 0 heterocycles. The van der Waals surface area contributed by atoms with Crippen molar-refractivity contribution in [2.45, 2.75) is 20.8 Å². The maximum absolute atomic E-state index is 11.9. The quantitative estimate of drug-likeness (QED) is 0.528. The largest absolute Gasteiger partial charge is 0.504 e. The van der Waals surface area contributed by atoms with Gasteiger partial charge in [-0.15, -0.1) is 0 Å². The maximum Gasteiger partial charge on any atom is 0.277 e. The van der Waals surface area contributed by atoms with Gasteiger partial charge in [0.25, 0.3) is 5.91 Å². The molecular weight excluding hydrogens is 400 g/mol. The van der Waals surface area contributed by atoms with Crippen LogP contribution in [0, 0.1) is 13.8 Å². The highest BCUT2D eigenvalue weighted by atomic mass is 79.9. The number of nitrogens with zero attached hydrogens (tertiary/aromatic N) is 1. The normalized spacial score (nSPS) is 10.8. The van der Waals surface area contributed by atoms with Crippen LogP contribution in [-0.4, -0.2) is 30.4 Å². The maximum atomic E-state index is 11.9. The molecule has 2 N–H and O–H groups in total. The molecule has 1 amide bonds. The highest BCUT2D eigenvalue weighted by molar-refractivity contribution is 9.10. The van der Waals surface area contributed by atoms with Crippen molar-refractivity contribution in [3.63, 3.8) is 0 Å². The zero-order valence-corrected chi connectivity index (χ0v) is 16.5. The number of phenols is 1. The lowest BCUT2D eigenvalue weighted by molar-refractivity contribution is -0.123. The van der Waals surface area contributed by atoms with Gasteiger partial charge in [0.1, 0.15) is 5.75 Å². The number of hydrogen-bond donors (Lipinski definition) is 2. The number of carbonyl (C=O) groups excluding carboxylic acids is 1. The smallest absolute Gasteiger partial charge is 0.277 e. The van der Waals surface area contributed by atoms with E-state index >= 15 is 0 Å². The molecule has 2 rings (SSSR count). The SMILES string of the molecule is CCOc1cc(Br)cc(C=NNC(=O)COc2ccc(C)cc2C)c1O. The number of rotatable bonds is 7. The number of aromatic hydroxyl groups is 1. The van der Waals surface area contributed by atoms with Crippen molar-refractivity contribution >= 4 is 28.1 Å². The average Bonchev–Trinajstić information content (AvgIpc) is 2.58. The minimum Gasteiger partial charge on any atom is -0.504 e. The first-order valence-electron chi connectivity index (χ1n) is 8.08. The summed E-state index contributed by atoms with van der Waals surface area (Å²) in [6.45, 7) is 6.00. The summed E-state index contributed by atoms with van der Waals surface area (Å²) in [5.41, 5.74) is 4.87. The van der Waals surface area contributed by atoms with Crippen molar-refractivity contribution in [2.24, 2.45) is 5.10 Å². The van der Waals surface area contributed by atoms with Gasteiger partial charge in [-0.1, -0.05) is 33.6 Å². The lowest BCUT2D eigenvalue weighted by Gasteiger charge is -2.09. The summed E-state index contributed by atoms with van der Waals surface area (Å²) in [6, 6.07) is 9.06. The summed E-state index contributed by atoms with van der Waals surface area (Å²) in [4.78, 5) is 11.9. The second-order valence-corrected chi connectivity index (χ2v) is 6.54. The van der Waals surface area contributed by atoms with Crippen LogP contribution in [0.15, 0.2) is 39.9 Å². The van der Waals surface area contributed by atoms with E-state index in [1.807, 2.05) is 39.0 Å². The van der Waals surface area contributed by atoms with Crippen molar-refractivity contribution in [3.05, 3.63) is 51.5 Å². The lowest BCUT2D eigenvalue weighted by Crippen LogP contribution is -2.24. The monoisotopic (exact) mass is 420 g/mol. The summed E-state index contributed by atoms with van der Waals surface area (Å²) >= 11 is 3.34. The van der Waals surface area contributed by atoms with Crippen LogP contribution in [0.1, 0.15) is 23.6 Å². The van der Waals surface area contributed by atoms with E-state index in [-0.39, 0.29) is 12.4 Å². The number of aryl methyl sites for hydroxylation is 2. The van der Waals surface area contributed by atoms with Gasteiger partial charge in [-0.3, -0.25) is 4.79 Å². The third-order valence-electron chi connectivity index (χ3n) is 3.45. The minimum absolute atomic E-state index is 0.0421. The van der Waals surface area contributed by atoms with E-state index in [2.05, 4.69) is 26.5 Å². The standard InChI is InChI=1S/C19H21BrN2O4/c1-4-25-17-9-15(20)8-14(19(17)24)10-21-22-18(23)11-26-16-6-5-12(2)7-13(16)3/h5-10,24H,4,11H2,1-3H3,(H,22,23). The zero-order valence-electron chi connectivity index (χ0n) is 14.9. The molecule has 0 saturated carbocycles. The van der Waals surface area contributed by atoms with Gasteiger partial charge >= 0.3 is 0 Å². The Labute approximate surface area is 161 Å².